The minimum atomic E-state index is -2.82. The largest absolute Gasteiger partial charge is 0.500 e. The molecule has 0 spiro atoms. The summed E-state index contributed by atoms with van der Waals surface area (Å²) in [5.74, 6) is -3.57. The van der Waals surface area contributed by atoms with E-state index in [1.807, 2.05) is 0 Å². The van der Waals surface area contributed by atoms with Gasteiger partial charge in [-0.2, -0.15) is 0 Å². The van der Waals surface area contributed by atoms with Gasteiger partial charge in [0.15, 0.2) is 0 Å². The van der Waals surface area contributed by atoms with Crippen LogP contribution in [0.5, 0.6) is 0 Å². The highest BCUT2D eigenvalue weighted by molar-refractivity contribution is 6.60. The number of likely N-dealkylation sites (tertiary alicyclic amines) is 2. The lowest BCUT2D eigenvalue weighted by Gasteiger charge is -2.27. The van der Waals surface area contributed by atoms with Crippen LogP contribution in [-0.4, -0.2) is 107 Å². The number of amides is 4. The summed E-state index contributed by atoms with van der Waals surface area (Å²) in [5, 5.41) is 0. The predicted octanol–water partition coefficient (Wildman–Crippen LogP) is 0.375. The number of carbonyl (C=O) groups excluding carboxylic acids is 4. The van der Waals surface area contributed by atoms with Gasteiger partial charge >= 0.3 is 17.6 Å². The Morgan fingerprint density at radius 2 is 0.838 bits per heavy atom. The molecule has 4 rings (SSSR count). The first-order chi connectivity index (χ1) is 17.7. The third kappa shape index (κ3) is 4.44. The molecule has 2 aliphatic carbocycles. The summed E-state index contributed by atoms with van der Waals surface area (Å²) in [7, 11) is 3.50. The fraction of sp³-hybridized carbons (Fsp3) is 0.826. The van der Waals surface area contributed by atoms with Crippen LogP contribution in [0, 0.1) is 35.5 Å². The molecular formula is C23H38N2O10Si2. The second-order valence-electron chi connectivity index (χ2n) is 10.1. The van der Waals surface area contributed by atoms with E-state index in [2.05, 4.69) is 0 Å². The van der Waals surface area contributed by atoms with Crippen LogP contribution in [0.15, 0.2) is 0 Å². The minimum absolute atomic E-state index is 0.227. The summed E-state index contributed by atoms with van der Waals surface area (Å²) in [6, 6.07) is 0.929. The number of fused-ring (bicyclic) bond motifs is 8. The molecule has 0 aromatic carbocycles. The van der Waals surface area contributed by atoms with Gasteiger partial charge in [-0.05, 0) is 31.1 Å². The van der Waals surface area contributed by atoms with E-state index in [4.69, 9.17) is 26.6 Å². The molecule has 2 saturated heterocycles. The smallest absolute Gasteiger partial charge is 0.377 e. The van der Waals surface area contributed by atoms with Crippen LogP contribution >= 0.6 is 0 Å². The molecular weight excluding hydrogens is 520 g/mol. The molecule has 4 fully saturated rings. The van der Waals surface area contributed by atoms with E-state index in [0.29, 0.717) is 31.4 Å². The van der Waals surface area contributed by atoms with E-state index >= 15 is 0 Å². The van der Waals surface area contributed by atoms with Crippen LogP contribution in [-0.2, 0) is 45.7 Å². The lowest BCUT2D eigenvalue weighted by Crippen LogP contribution is -2.44. The van der Waals surface area contributed by atoms with Gasteiger partial charge in [-0.3, -0.25) is 29.0 Å². The fourth-order valence-corrected chi connectivity index (χ4v) is 10.6. The van der Waals surface area contributed by atoms with Crippen LogP contribution in [0.4, 0.5) is 0 Å². The monoisotopic (exact) mass is 558 g/mol. The molecule has 2 heterocycles. The van der Waals surface area contributed by atoms with Crippen molar-refractivity contribution in [1.29, 1.82) is 0 Å². The van der Waals surface area contributed by atoms with Gasteiger partial charge in [-0.25, -0.2) is 0 Å². The molecule has 2 saturated carbocycles. The molecule has 4 aliphatic rings. The average molecular weight is 559 g/mol. The standard InChI is InChI=1S/C23H38N2O10Si2/c1-30-36(31-2,32-3)11-7-9-24-20(26)16-14-13-15(17(16)21(24)27)19-18(14)22(28)25(23(19)29)10-8-12-37(33-4,34-5)35-6/h14-19H,7-13H2,1-6H3. The molecule has 4 atom stereocenters. The Bertz CT molecular complexity index is 795. The lowest BCUT2D eigenvalue weighted by atomic mass is 9.70. The van der Waals surface area contributed by atoms with Crippen molar-refractivity contribution in [3.8, 4) is 0 Å². The first-order valence-electron chi connectivity index (χ1n) is 12.7. The van der Waals surface area contributed by atoms with Gasteiger partial charge in [0.2, 0.25) is 23.6 Å². The van der Waals surface area contributed by atoms with E-state index in [9.17, 15) is 19.2 Å². The Hall–Kier alpha value is -1.53. The molecule has 4 unspecified atom stereocenters. The Kier molecular flexibility index (Phi) is 8.41. The Morgan fingerprint density at radius 1 is 0.568 bits per heavy atom. The average Bonchev–Trinajstić information content (AvgIpc) is 3.62. The summed E-state index contributed by atoms with van der Waals surface area (Å²) in [6.07, 6.45) is 1.55. The molecule has 2 aliphatic heterocycles. The summed E-state index contributed by atoms with van der Waals surface area (Å²) < 4.78 is 32.6. The first-order valence-corrected chi connectivity index (χ1v) is 16.6. The zero-order valence-electron chi connectivity index (χ0n) is 22.4. The van der Waals surface area contributed by atoms with Crippen molar-refractivity contribution in [3.63, 3.8) is 0 Å². The predicted molar refractivity (Wildman–Crippen MR) is 131 cm³/mol. The van der Waals surface area contributed by atoms with Crippen molar-refractivity contribution in [2.45, 2.75) is 31.4 Å². The maximum Gasteiger partial charge on any atom is 0.500 e. The van der Waals surface area contributed by atoms with Crippen molar-refractivity contribution in [1.82, 2.24) is 9.80 Å². The van der Waals surface area contributed by atoms with Crippen LogP contribution in [0.3, 0.4) is 0 Å². The third-order valence-electron chi connectivity index (χ3n) is 8.96. The van der Waals surface area contributed by atoms with Crippen LogP contribution in [0.25, 0.3) is 0 Å². The molecule has 2 bridgehead atoms. The van der Waals surface area contributed by atoms with Crippen LogP contribution in [0.2, 0.25) is 12.1 Å². The summed E-state index contributed by atoms with van der Waals surface area (Å²) >= 11 is 0. The van der Waals surface area contributed by atoms with Crippen molar-refractivity contribution >= 4 is 41.2 Å². The van der Waals surface area contributed by atoms with Gasteiger partial charge in [0, 0.05) is 67.8 Å². The Morgan fingerprint density at radius 3 is 1.08 bits per heavy atom. The van der Waals surface area contributed by atoms with E-state index < -0.39 is 41.3 Å². The summed E-state index contributed by atoms with van der Waals surface area (Å²) in [5.41, 5.74) is 0. The molecule has 4 amide bonds. The van der Waals surface area contributed by atoms with Gasteiger partial charge in [-0.15, -0.1) is 0 Å². The summed E-state index contributed by atoms with van der Waals surface area (Å²) in [6.45, 7) is 0.477. The van der Waals surface area contributed by atoms with Crippen molar-refractivity contribution in [2.75, 3.05) is 55.7 Å². The molecule has 0 aromatic heterocycles. The van der Waals surface area contributed by atoms with Gasteiger partial charge in [0.1, 0.15) is 0 Å². The van der Waals surface area contributed by atoms with E-state index in [0.717, 1.165) is 0 Å². The van der Waals surface area contributed by atoms with E-state index in [1.165, 1.54) is 52.5 Å². The number of imide groups is 2. The molecule has 0 aromatic rings. The number of hydrogen-bond donors (Lipinski definition) is 0. The van der Waals surface area contributed by atoms with Gasteiger partial charge in [-0.1, -0.05) is 0 Å². The van der Waals surface area contributed by atoms with E-state index in [1.54, 1.807) is 0 Å². The fourth-order valence-electron chi connectivity index (χ4n) is 7.16. The number of rotatable bonds is 14. The highest BCUT2D eigenvalue weighted by Crippen LogP contribution is 2.63. The zero-order chi connectivity index (χ0) is 27.1. The molecule has 0 N–H and O–H groups in total. The quantitative estimate of drug-likeness (QED) is 0.218. The maximum atomic E-state index is 13.4. The zero-order valence-corrected chi connectivity index (χ0v) is 24.4. The first kappa shape index (κ1) is 28.5. The molecule has 0 radical (unpaired) electrons. The molecule has 208 valence electrons. The highest BCUT2D eigenvalue weighted by Gasteiger charge is 2.72. The molecule has 37 heavy (non-hydrogen) atoms. The molecule has 14 heteroatoms. The Balaban J connectivity index is 1.41. The SMILES string of the molecule is CO[Si](CCCN1C(=O)C2C3CC(C2C1=O)C1C(=O)N(CCC[Si](OC)(OC)OC)C(=O)C31)(OC)OC. The normalized spacial score (nSPS) is 31.2. The van der Waals surface area contributed by atoms with Gasteiger partial charge < -0.3 is 26.6 Å². The second-order valence-corrected chi connectivity index (χ2v) is 16.3. The molecule has 12 nitrogen and oxygen atoms in total. The Labute approximate surface area is 219 Å². The van der Waals surface area contributed by atoms with Crippen molar-refractivity contribution in [3.05, 3.63) is 0 Å². The number of carbonyl (C=O) groups is 4. The van der Waals surface area contributed by atoms with Gasteiger partial charge in [0.05, 0.1) is 23.7 Å². The third-order valence-corrected chi connectivity index (χ3v) is 14.6. The number of hydrogen-bond acceptors (Lipinski definition) is 10. The second kappa shape index (κ2) is 10.9. The minimum Gasteiger partial charge on any atom is -0.377 e. The van der Waals surface area contributed by atoms with Crippen LogP contribution in [0.1, 0.15) is 19.3 Å². The van der Waals surface area contributed by atoms with Crippen molar-refractivity contribution < 1.29 is 45.7 Å². The summed E-state index contributed by atoms with van der Waals surface area (Å²) in [4.78, 5) is 56.1. The lowest BCUT2D eigenvalue weighted by molar-refractivity contribution is -0.141. The van der Waals surface area contributed by atoms with Crippen LogP contribution < -0.4 is 0 Å². The van der Waals surface area contributed by atoms with Crippen molar-refractivity contribution in [2.24, 2.45) is 35.5 Å². The number of nitrogens with zero attached hydrogens (tertiary/aromatic N) is 2. The topological polar surface area (TPSA) is 130 Å². The van der Waals surface area contributed by atoms with E-state index in [-0.39, 0.29) is 48.6 Å². The maximum absolute atomic E-state index is 13.4. The highest BCUT2D eigenvalue weighted by atomic mass is 28.4. The van der Waals surface area contributed by atoms with Gasteiger partial charge in [0.25, 0.3) is 0 Å².